The second kappa shape index (κ2) is 4.87. The highest BCUT2D eigenvalue weighted by molar-refractivity contribution is 5.02. The van der Waals surface area contributed by atoms with Crippen molar-refractivity contribution >= 4 is 0 Å². The Hall–Kier alpha value is -0.120. The van der Waals surface area contributed by atoms with E-state index in [1.54, 1.807) is 0 Å². The number of piperazine rings is 1. The molecule has 3 aliphatic rings. The summed E-state index contributed by atoms with van der Waals surface area (Å²) in [5.74, 6) is 0. The van der Waals surface area contributed by atoms with Crippen molar-refractivity contribution in [1.82, 2.24) is 10.2 Å². The van der Waals surface area contributed by atoms with Gasteiger partial charge in [0.05, 0.1) is 6.61 Å². The lowest BCUT2D eigenvalue weighted by molar-refractivity contribution is 0.0351. The van der Waals surface area contributed by atoms with Gasteiger partial charge in [0.15, 0.2) is 0 Å². The minimum atomic E-state index is 0.453. The van der Waals surface area contributed by atoms with Crippen molar-refractivity contribution in [2.45, 2.75) is 63.1 Å². The Morgan fingerprint density at radius 1 is 1.35 bits per heavy atom. The first-order chi connectivity index (χ1) is 8.33. The molecule has 0 aromatic heterocycles. The van der Waals surface area contributed by atoms with Crippen molar-refractivity contribution in [3.05, 3.63) is 0 Å². The number of nitrogens with one attached hydrogen (secondary N) is 1. The summed E-state index contributed by atoms with van der Waals surface area (Å²) in [6.45, 7) is 6.71. The monoisotopic (exact) mass is 238 g/mol. The van der Waals surface area contributed by atoms with Crippen LogP contribution in [-0.4, -0.2) is 48.8 Å². The maximum atomic E-state index is 5.59. The predicted molar refractivity (Wildman–Crippen MR) is 69.2 cm³/mol. The normalized spacial score (nSPS) is 37.9. The second-order valence-electron chi connectivity index (χ2n) is 6.12. The van der Waals surface area contributed by atoms with E-state index in [-0.39, 0.29) is 0 Å². The van der Waals surface area contributed by atoms with E-state index in [9.17, 15) is 0 Å². The summed E-state index contributed by atoms with van der Waals surface area (Å²) in [6.07, 6.45) is 8.10. The standard InChI is InChI=1S/C14H26N2O/c1-2-12-9-15-14(6-3-4-7-14)11-16(12)13-5-8-17-10-13/h12-13,15H,2-11H2,1H3. The van der Waals surface area contributed by atoms with Gasteiger partial charge in [-0.05, 0) is 25.7 Å². The van der Waals surface area contributed by atoms with E-state index in [1.807, 2.05) is 0 Å². The predicted octanol–water partition coefficient (Wildman–Crippen LogP) is 1.77. The van der Waals surface area contributed by atoms with Gasteiger partial charge in [0.1, 0.15) is 0 Å². The Bertz CT molecular complexity index is 255. The molecular formula is C14H26N2O. The maximum absolute atomic E-state index is 5.59. The van der Waals surface area contributed by atoms with Crippen LogP contribution in [0.15, 0.2) is 0 Å². The first kappa shape index (κ1) is 11.9. The van der Waals surface area contributed by atoms with Crippen molar-refractivity contribution in [2.75, 3.05) is 26.3 Å². The fourth-order valence-corrected chi connectivity index (χ4v) is 3.96. The minimum Gasteiger partial charge on any atom is -0.380 e. The van der Waals surface area contributed by atoms with E-state index < -0.39 is 0 Å². The van der Waals surface area contributed by atoms with Crippen LogP contribution in [0.4, 0.5) is 0 Å². The zero-order valence-corrected chi connectivity index (χ0v) is 11.1. The van der Waals surface area contributed by atoms with E-state index in [1.165, 1.54) is 51.6 Å². The van der Waals surface area contributed by atoms with Crippen LogP contribution < -0.4 is 5.32 Å². The third kappa shape index (κ3) is 2.25. The highest BCUT2D eigenvalue weighted by atomic mass is 16.5. The summed E-state index contributed by atoms with van der Waals surface area (Å²) in [5.41, 5.74) is 0.453. The molecule has 17 heavy (non-hydrogen) atoms. The van der Waals surface area contributed by atoms with Gasteiger partial charge in [0.25, 0.3) is 0 Å². The molecule has 0 aromatic carbocycles. The molecule has 3 nitrogen and oxygen atoms in total. The number of nitrogens with zero attached hydrogens (tertiary/aromatic N) is 1. The summed E-state index contributed by atoms with van der Waals surface area (Å²) in [7, 11) is 0. The fourth-order valence-electron chi connectivity index (χ4n) is 3.96. The second-order valence-corrected chi connectivity index (χ2v) is 6.12. The fraction of sp³-hybridized carbons (Fsp3) is 1.00. The van der Waals surface area contributed by atoms with E-state index in [4.69, 9.17) is 4.74 Å². The maximum Gasteiger partial charge on any atom is 0.0622 e. The van der Waals surface area contributed by atoms with Gasteiger partial charge >= 0.3 is 0 Å². The third-order valence-corrected chi connectivity index (χ3v) is 5.07. The van der Waals surface area contributed by atoms with Crippen LogP contribution in [0, 0.1) is 0 Å². The van der Waals surface area contributed by atoms with Gasteiger partial charge < -0.3 is 10.1 Å². The van der Waals surface area contributed by atoms with E-state index in [0.29, 0.717) is 11.6 Å². The number of rotatable bonds is 2. The average Bonchev–Trinajstić information content (AvgIpc) is 3.00. The summed E-state index contributed by atoms with van der Waals surface area (Å²) in [4.78, 5) is 2.77. The zero-order valence-electron chi connectivity index (χ0n) is 11.1. The summed E-state index contributed by atoms with van der Waals surface area (Å²) in [6, 6.07) is 1.42. The lowest BCUT2D eigenvalue weighted by atomic mass is 9.90. The molecule has 0 radical (unpaired) electrons. The Balaban J connectivity index is 1.72. The molecule has 0 bridgehead atoms. The first-order valence-electron chi connectivity index (χ1n) is 7.41. The molecule has 1 aliphatic carbocycles. The summed E-state index contributed by atoms with van der Waals surface area (Å²) < 4.78 is 5.59. The molecule has 2 heterocycles. The van der Waals surface area contributed by atoms with E-state index >= 15 is 0 Å². The molecule has 3 rings (SSSR count). The van der Waals surface area contributed by atoms with Gasteiger partial charge in [-0.2, -0.15) is 0 Å². The summed E-state index contributed by atoms with van der Waals surface area (Å²) >= 11 is 0. The highest BCUT2D eigenvalue weighted by Crippen LogP contribution is 2.35. The van der Waals surface area contributed by atoms with Gasteiger partial charge in [-0.1, -0.05) is 19.8 Å². The molecule has 3 fully saturated rings. The molecule has 0 aromatic rings. The van der Waals surface area contributed by atoms with Crippen LogP contribution in [0.25, 0.3) is 0 Å². The first-order valence-corrected chi connectivity index (χ1v) is 7.41. The van der Waals surface area contributed by atoms with Gasteiger partial charge in [-0.15, -0.1) is 0 Å². The zero-order chi connectivity index (χ0) is 11.7. The molecule has 2 unspecified atom stereocenters. The lowest BCUT2D eigenvalue weighted by Crippen LogP contribution is -2.65. The van der Waals surface area contributed by atoms with Crippen LogP contribution in [0.5, 0.6) is 0 Å². The smallest absolute Gasteiger partial charge is 0.0622 e. The molecule has 0 amide bonds. The molecule has 1 saturated carbocycles. The highest BCUT2D eigenvalue weighted by Gasteiger charge is 2.43. The summed E-state index contributed by atoms with van der Waals surface area (Å²) in [5, 5.41) is 3.87. The molecular weight excluding hydrogens is 212 g/mol. The quantitative estimate of drug-likeness (QED) is 0.793. The molecule has 1 N–H and O–H groups in total. The van der Waals surface area contributed by atoms with Crippen molar-refractivity contribution in [3.8, 4) is 0 Å². The Kier molecular flexibility index (Phi) is 3.42. The van der Waals surface area contributed by atoms with Gasteiger partial charge in [-0.3, -0.25) is 4.90 Å². The lowest BCUT2D eigenvalue weighted by Gasteiger charge is -2.48. The minimum absolute atomic E-state index is 0.453. The van der Waals surface area contributed by atoms with Crippen molar-refractivity contribution < 1.29 is 4.74 Å². The SMILES string of the molecule is CCC1CNC2(CCCC2)CN1C1CCOC1. The molecule has 2 aliphatic heterocycles. The van der Waals surface area contributed by atoms with Crippen LogP contribution in [0.1, 0.15) is 45.4 Å². The van der Waals surface area contributed by atoms with Gasteiger partial charge in [0, 0.05) is 37.3 Å². The molecule has 3 heteroatoms. The van der Waals surface area contributed by atoms with Crippen LogP contribution in [0.2, 0.25) is 0 Å². The Labute approximate surface area is 105 Å². The van der Waals surface area contributed by atoms with Gasteiger partial charge in [-0.25, -0.2) is 0 Å². The van der Waals surface area contributed by atoms with Crippen LogP contribution in [-0.2, 0) is 4.74 Å². The van der Waals surface area contributed by atoms with Crippen molar-refractivity contribution in [3.63, 3.8) is 0 Å². The number of hydrogen-bond acceptors (Lipinski definition) is 3. The van der Waals surface area contributed by atoms with Crippen molar-refractivity contribution in [2.24, 2.45) is 0 Å². The van der Waals surface area contributed by atoms with Crippen molar-refractivity contribution in [1.29, 1.82) is 0 Å². The average molecular weight is 238 g/mol. The van der Waals surface area contributed by atoms with Crippen LogP contribution >= 0.6 is 0 Å². The molecule has 2 atom stereocenters. The molecule has 98 valence electrons. The van der Waals surface area contributed by atoms with Crippen LogP contribution in [0.3, 0.4) is 0 Å². The third-order valence-electron chi connectivity index (χ3n) is 5.07. The Morgan fingerprint density at radius 2 is 2.18 bits per heavy atom. The topological polar surface area (TPSA) is 24.5 Å². The van der Waals surface area contributed by atoms with Gasteiger partial charge in [0.2, 0.25) is 0 Å². The number of ether oxygens (including phenoxy) is 1. The van der Waals surface area contributed by atoms with E-state index in [0.717, 1.165) is 19.3 Å². The Morgan fingerprint density at radius 3 is 2.82 bits per heavy atom. The number of hydrogen-bond donors (Lipinski definition) is 1. The molecule has 1 spiro atoms. The van der Waals surface area contributed by atoms with E-state index in [2.05, 4.69) is 17.1 Å². The largest absolute Gasteiger partial charge is 0.380 e. The molecule has 2 saturated heterocycles.